The molecule has 1 amide bonds. The smallest absolute Gasteiger partial charge is 0.303 e. The highest BCUT2D eigenvalue weighted by molar-refractivity contribution is 5.96. The predicted octanol–water partition coefficient (Wildman–Crippen LogP) is 3.62. The SMILES string of the molecule is O=C(O)C[C@@H]1CCCN(c2ccc(C(=O)NC3CCCCC3)c(OCC3CC3)n2)C1. The molecule has 1 aromatic heterocycles. The minimum Gasteiger partial charge on any atom is -0.481 e. The second-order valence-electron chi connectivity index (χ2n) is 9.14. The van der Waals surface area contributed by atoms with Crippen LogP contribution in [-0.2, 0) is 4.79 Å². The summed E-state index contributed by atoms with van der Waals surface area (Å²) in [7, 11) is 0. The van der Waals surface area contributed by atoms with E-state index in [2.05, 4.69) is 10.2 Å². The van der Waals surface area contributed by atoms with Gasteiger partial charge in [0.25, 0.3) is 5.91 Å². The maximum atomic E-state index is 12.9. The van der Waals surface area contributed by atoms with Gasteiger partial charge in [0.15, 0.2) is 0 Å². The van der Waals surface area contributed by atoms with E-state index < -0.39 is 5.97 Å². The number of aliphatic carboxylic acids is 1. The lowest BCUT2D eigenvalue weighted by atomic mass is 9.95. The van der Waals surface area contributed by atoms with Crippen LogP contribution in [0.3, 0.4) is 0 Å². The fourth-order valence-electron chi connectivity index (χ4n) is 4.57. The largest absolute Gasteiger partial charge is 0.481 e. The van der Waals surface area contributed by atoms with E-state index in [9.17, 15) is 9.59 Å². The highest BCUT2D eigenvalue weighted by Gasteiger charge is 2.27. The van der Waals surface area contributed by atoms with Crippen LogP contribution in [0.25, 0.3) is 0 Å². The Bertz CT molecular complexity index is 759. The lowest BCUT2D eigenvalue weighted by molar-refractivity contribution is -0.138. The zero-order valence-corrected chi connectivity index (χ0v) is 17.6. The van der Waals surface area contributed by atoms with E-state index in [1.54, 1.807) is 0 Å². The third-order valence-electron chi connectivity index (χ3n) is 6.49. The van der Waals surface area contributed by atoms with Gasteiger partial charge in [-0.15, -0.1) is 0 Å². The summed E-state index contributed by atoms with van der Waals surface area (Å²) in [6, 6.07) is 3.94. The first-order valence-electron chi connectivity index (χ1n) is 11.5. The number of rotatable bonds is 8. The fraction of sp³-hybridized carbons (Fsp3) is 0.696. The first-order valence-corrected chi connectivity index (χ1v) is 11.5. The predicted molar refractivity (Wildman–Crippen MR) is 114 cm³/mol. The van der Waals surface area contributed by atoms with Gasteiger partial charge in [0.05, 0.1) is 6.61 Å². The number of anilines is 1. The molecule has 2 saturated carbocycles. The molecule has 2 heterocycles. The topological polar surface area (TPSA) is 91.8 Å². The van der Waals surface area contributed by atoms with Crippen molar-refractivity contribution in [3.63, 3.8) is 0 Å². The summed E-state index contributed by atoms with van der Waals surface area (Å²) in [4.78, 5) is 30.9. The molecule has 7 nitrogen and oxygen atoms in total. The maximum absolute atomic E-state index is 12.9. The van der Waals surface area contributed by atoms with Crippen molar-refractivity contribution in [3.8, 4) is 5.88 Å². The van der Waals surface area contributed by atoms with E-state index in [-0.39, 0.29) is 24.3 Å². The number of hydrogen-bond donors (Lipinski definition) is 2. The summed E-state index contributed by atoms with van der Waals surface area (Å²) in [5.41, 5.74) is 0.504. The Morgan fingerprint density at radius 1 is 1.07 bits per heavy atom. The lowest BCUT2D eigenvalue weighted by Gasteiger charge is -2.33. The van der Waals surface area contributed by atoms with Gasteiger partial charge < -0.3 is 20.1 Å². The lowest BCUT2D eigenvalue weighted by Crippen LogP contribution is -2.38. The van der Waals surface area contributed by atoms with Crippen LogP contribution in [0.4, 0.5) is 5.82 Å². The molecular weight excluding hydrogens is 382 g/mol. The number of nitrogens with one attached hydrogen (secondary N) is 1. The molecule has 30 heavy (non-hydrogen) atoms. The monoisotopic (exact) mass is 415 g/mol. The van der Waals surface area contributed by atoms with E-state index in [1.165, 1.54) is 32.1 Å². The van der Waals surface area contributed by atoms with Crippen molar-refractivity contribution in [2.75, 3.05) is 24.6 Å². The summed E-state index contributed by atoms with van der Waals surface area (Å²) >= 11 is 0. The van der Waals surface area contributed by atoms with Gasteiger partial charge in [-0.25, -0.2) is 0 Å². The maximum Gasteiger partial charge on any atom is 0.303 e. The third kappa shape index (κ3) is 5.64. The Morgan fingerprint density at radius 3 is 2.60 bits per heavy atom. The number of carbonyl (C=O) groups is 2. The number of nitrogens with zero attached hydrogens (tertiary/aromatic N) is 2. The summed E-state index contributed by atoms with van der Waals surface area (Å²) in [6.45, 7) is 2.12. The average molecular weight is 416 g/mol. The molecule has 0 spiro atoms. The van der Waals surface area contributed by atoms with Gasteiger partial charge in [-0.1, -0.05) is 19.3 Å². The number of carboxylic acid groups (broad SMARTS) is 1. The van der Waals surface area contributed by atoms with E-state index in [4.69, 9.17) is 14.8 Å². The van der Waals surface area contributed by atoms with E-state index in [0.29, 0.717) is 30.5 Å². The minimum atomic E-state index is -0.752. The van der Waals surface area contributed by atoms with E-state index in [1.807, 2.05) is 12.1 Å². The number of amides is 1. The van der Waals surface area contributed by atoms with Crippen LogP contribution >= 0.6 is 0 Å². The van der Waals surface area contributed by atoms with Crippen LogP contribution in [0.2, 0.25) is 0 Å². The molecule has 7 heteroatoms. The molecular formula is C23H33N3O4. The number of carbonyl (C=O) groups excluding carboxylic acids is 1. The molecule has 1 aliphatic heterocycles. The molecule has 164 valence electrons. The molecule has 0 bridgehead atoms. The van der Waals surface area contributed by atoms with Crippen LogP contribution in [0.15, 0.2) is 12.1 Å². The molecule has 3 fully saturated rings. The van der Waals surface area contributed by atoms with Gasteiger partial charge in [0.1, 0.15) is 11.4 Å². The number of ether oxygens (including phenoxy) is 1. The molecule has 0 radical (unpaired) electrons. The first-order chi connectivity index (χ1) is 14.6. The fourth-order valence-corrected chi connectivity index (χ4v) is 4.57. The number of aromatic nitrogens is 1. The van der Waals surface area contributed by atoms with Gasteiger partial charge in [-0.2, -0.15) is 4.98 Å². The highest BCUT2D eigenvalue weighted by atomic mass is 16.5. The van der Waals surface area contributed by atoms with Gasteiger partial charge in [-0.05, 0) is 62.5 Å². The molecule has 0 unspecified atom stereocenters. The molecule has 1 atom stereocenters. The van der Waals surface area contributed by atoms with Crippen LogP contribution in [0, 0.1) is 11.8 Å². The Balaban J connectivity index is 1.48. The number of carboxylic acids is 1. The van der Waals surface area contributed by atoms with Crippen LogP contribution in [0.5, 0.6) is 5.88 Å². The molecule has 1 saturated heterocycles. The third-order valence-corrected chi connectivity index (χ3v) is 6.49. The number of piperidine rings is 1. The minimum absolute atomic E-state index is 0.103. The van der Waals surface area contributed by atoms with Crippen LogP contribution in [-0.4, -0.2) is 47.7 Å². The van der Waals surface area contributed by atoms with E-state index in [0.717, 1.165) is 38.0 Å². The van der Waals surface area contributed by atoms with Crippen molar-refractivity contribution in [1.29, 1.82) is 0 Å². The van der Waals surface area contributed by atoms with Crippen molar-refractivity contribution in [3.05, 3.63) is 17.7 Å². The van der Waals surface area contributed by atoms with Crippen molar-refractivity contribution in [2.24, 2.45) is 11.8 Å². The Kier molecular flexibility index (Phi) is 6.75. The highest BCUT2D eigenvalue weighted by Crippen LogP contribution is 2.31. The standard InChI is InChI=1S/C23H33N3O4/c27-21(28)13-17-5-4-12-26(14-17)20-11-10-19(23(25-20)30-15-16-8-9-16)22(29)24-18-6-2-1-3-7-18/h10-11,16-18H,1-9,12-15H2,(H,24,29)(H,27,28)/t17-/m0/s1. The second kappa shape index (κ2) is 9.67. The summed E-state index contributed by atoms with van der Waals surface area (Å²) < 4.78 is 6.00. The van der Waals surface area contributed by atoms with Gasteiger partial charge in [0.2, 0.25) is 5.88 Å². The normalized spacial score (nSPS) is 22.5. The van der Waals surface area contributed by atoms with Crippen LogP contribution in [0.1, 0.15) is 74.6 Å². The van der Waals surface area contributed by atoms with Crippen molar-refractivity contribution < 1.29 is 19.4 Å². The van der Waals surface area contributed by atoms with Gasteiger partial charge in [-0.3, -0.25) is 9.59 Å². The zero-order chi connectivity index (χ0) is 20.9. The van der Waals surface area contributed by atoms with Crippen molar-refractivity contribution in [1.82, 2.24) is 10.3 Å². The quantitative estimate of drug-likeness (QED) is 0.674. The van der Waals surface area contributed by atoms with Crippen LogP contribution < -0.4 is 15.0 Å². The molecule has 1 aromatic rings. The van der Waals surface area contributed by atoms with Gasteiger partial charge >= 0.3 is 5.97 Å². The van der Waals surface area contributed by atoms with Gasteiger partial charge in [0, 0.05) is 25.6 Å². The Hall–Kier alpha value is -2.31. The summed E-state index contributed by atoms with van der Waals surface area (Å²) in [5.74, 6) is 1.02. The number of hydrogen-bond acceptors (Lipinski definition) is 5. The molecule has 0 aromatic carbocycles. The molecule has 3 aliphatic rings. The summed E-state index contributed by atoms with van der Waals surface area (Å²) in [6.07, 6.45) is 10.1. The second-order valence-corrected chi connectivity index (χ2v) is 9.14. The molecule has 2 N–H and O–H groups in total. The van der Waals surface area contributed by atoms with Crippen molar-refractivity contribution in [2.45, 2.75) is 70.3 Å². The number of pyridine rings is 1. The Labute approximate surface area is 178 Å². The average Bonchev–Trinajstić information content (AvgIpc) is 3.57. The van der Waals surface area contributed by atoms with Crippen molar-refractivity contribution >= 4 is 17.7 Å². The molecule has 4 rings (SSSR count). The first kappa shape index (κ1) is 20.9. The zero-order valence-electron chi connectivity index (χ0n) is 17.6. The van der Waals surface area contributed by atoms with E-state index >= 15 is 0 Å². The molecule has 2 aliphatic carbocycles. The summed E-state index contributed by atoms with van der Waals surface area (Å²) in [5, 5.41) is 12.3. The Morgan fingerprint density at radius 2 is 1.87 bits per heavy atom.